The molecule has 88 valence electrons. The van der Waals surface area contributed by atoms with Crippen molar-refractivity contribution in [2.45, 2.75) is 27.7 Å². The van der Waals surface area contributed by atoms with Crippen molar-refractivity contribution in [1.82, 2.24) is 0 Å². The second-order valence-corrected chi connectivity index (χ2v) is 4.34. The minimum atomic E-state index is -0.937. The molecule has 0 aromatic rings. The molecule has 0 amide bonds. The van der Waals surface area contributed by atoms with E-state index in [9.17, 15) is 4.79 Å². The molecule has 16 heavy (non-hydrogen) atoms. The minimum absolute atomic E-state index is 0.0269. The maximum Gasteiger partial charge on any atom is 0.328 e. The molecule has 0 aliphatic rings. The molecule has 1 N–H and O–H groups in total. The fourth-order valence-electron chi connectivity index (χ4n) is 0.947. The zero-order valence-corrected chi connectivity index (χ0v) is 10.4. The van der Waals surface area contributed by atoms with Gasteiger partial charge in [0, 0.05) is 11.5 Å². The SMILES string of the molecule is C=C(C)C(C)(C)/C(C)=C/C=C/C=C/C(=O)O. The number of hydrogen-bond donors (Lipinski definition) is 1. The summed E-state index contributed by atoms with van der Waals surface area (Å²) in [5, 5.41) is 8.38. The van der Waals surface area contributed by atoms with Crippen LogP contribution < -0.4 is 0 Å². The minimum Gasteiger partial charge on any atom is -0.478 e. The summed E-state index contributed by atoms with van der Waals surface area (Å²) in [5.74, 6) is -0.937. The summed E-state index contributed by atoms with van der Waals surface area (Å²) < 4.78 is 0. The molecule has 0 aromatic heterocycles. The summed E-state index contributed by atoms with van der Waals surface area (Å²) in [7, 11) is 0. The van der Waals surface area contributed by atoms with Gasteiger partial charge in [-0.25, -0.2) is 4.79 Å². The number of hydrogen-bond acceptors (Lipinski definition) is 1. The number of carboxylic acids is 1. The summed E-state index contributed by atoms with van der Waals surface area (Å²) in [5.41, 5.74) is 2.27. The number of rotatable bonds is 5. The number of carboxylic acid groups (broad SMARTS) is 1. The molecule has 0 unspecified atom stereocenters. The lowest BCUT2D eigenvalue weighted by molar-refractivity contribution is -0.131. The molecule has 0 saturated heterocycles. The van der Waals surface area contributed by atoms with Gasteiger partial charge in [-0.15, -0.1) is 0 Å². The largest absolute Gasteiger partial charge is 0.478 e. The second-order valence-electron chi connectivity index (χ2n) is 4.34. The lowest BCUT2D eigenvalue weighted by Gasteiger charge is -2.26. The summed E-state index contributed by atoms with van der Waals surface area (Å²) in [4.78, 5) is 10.2. The Kier molecular flexibility index (Phi) is 5.51. The Morgan fingerprint density at radius 2 is 1.75 bits per heavy atom. The molecule has 2 nitrogen and oxygen atoms in total. The first-order valence-corrected chi connectivity index (χ1v) is 5.19. The first-order chi connectivity index (χ1) is 7.28. The van der Waals surface area contributed by atoms with Crippen LogP contribution in [0, 0.1) is 5.41 Å². The van der Waals surface area contributed by atoms with Gasteiger partial charge < -0.3 is 5.11 Å². The summed E-state index contributed by atoms with van der Waals surface area (Å²) >= 11 is 0. The van der Waals surface area contributed by atoms with E-state index in [0.29, 0.717) is 0 Å². The van der Waals surface area contributed by atoms with Crippen LogP contribution >= 0.6 is 0 Å². The number of carbonyl (C=O) groups is 1. The fraction of sp³-hybridized carbons (Fsp3) is 0.357. The average Bonchev–Trinajstić information content (AvgIpc) is 2.16. The molecule has 0 heterocycles. The van der Waals surface area contributed by atoms with Crippen molar-refractivity contribution in [2.24, 2.45) is 5.41 Å². The molecule has 0 aliphatic carbocycles. The van der Waals surface area contributed by atoms with E-state index < -0.39 is 5.97 Å². The van der Waals surface area contributed by atoms with Crippen LogP contribution in [0.15, 0.2) is 48.1 Å². The summed E-state index contributed by atoms with van der Waals surface area (Å²) in [6, 6.07) is 0. The summed E-state index contributed by atoms with van der Waals surface area (Å²) in [6.45, 7) is 12.2. The molecule has 0 atom stereocenters. The topological polar surface area (TPSA) is 37.3 Å². The van der Waals surface area contributed by atoms with Crippen LogP contribution in [0.4, 0.5) is 0 Å². The zero-order valence-electron chi connectivity index (χ0n) is 10.4. The van der Waals surface area contributed by atoms with E-state index in [2.05, 4.69) is 20.4 Å². The third-order valence-electron chi connectivity index (χ3n) is 2.86. The molecule has 0 aliphatic heterocycles. The van der Waals surface area contributed by atoms with Gasteiger partial charge in [-0.1, -0.05) is 55.9 Å². The van der Waals surface area contributed by atoms with Crippen LogP contribution in [-0.4, -0.2) is 11.1 Å². The first kappa shape index (κ1) is 14.4. The van der Waals surface area contributed by atoms with Crippen molar-refractivity contribution in [1.29, 1.82) is 0 Å². The van der Waals surface area contributed by atoms with Gasteiger partial charge in [-0.05, 0) is 13.8 Å². The highest BCUT2D eigenvalue weighted by Crippen LogP contribution is 2.32. The van der Waals surface area contributed by atoms with Crippen LogP contribution in [0.25, 0.3) is 0 Å². The van der Waals surface area contributed by atoms with Gasteiger partial charge >= 0.3 is 5.97 Å². The Labute approximate surface area is 97.7 Å². The highest BCUT2D eigenvalue weighted by molar-refractivity contribution is 5.80. The molecule has 0 bridgehead atoms. The Balaban J connectivity index is 4.57. The van der Waals surface area contributed by atoms with Crippen molar-refractivity contribution >= 4 is 5.97 Å². The van der Waals surface area contributed by atoms with Gasteiger partial charge in [-0.3, -0.25) is 0 Å². The lowest BCUT2D eigenvalue weighted by Crippen LogP contribution is -2.13. The van der Waals surface area contributed by atoms with Crippen molar-refractivity contribution in [2.75, 3.05) is 0 Å². The van der Waals surface area contributed by atoms with Crippen molar-refractivity contribution in [3.8, 4) is 0 Å². The van der Waals surface area contributed by atoms with Crippen molar-refractivity contribution < 1.29 is 9.90 Å². The van der Waals surface area contributed by atoms with Gasteiger partial charge in [0.1, 0.15) is 0 Å². The maximum atomic E-state index is 10.2. The standard InChI is InChI=1S/C14H20O2/c1-11(2)14(4,5)12(3)9-7-6-8-10-13(15)16/h6-10H,1H2,2-5H3,(H,15,16)/b7-6+,10-8+,12-9+. The predicted molar refractivity (Wildman–Crippen MR) is 68.3 cm³/mol. The highest BCUT2D eigenvalue weighted by atomic mass is 16.4. The van der Waals surface area contributed by atoms with E-state index in [1.807, 2.05) is 26.0 Å². The molecular formula is C14H20O2. The summed E-state index contributed by atoms with van der Waals surface area (Å²) in [6.07, 6.45) is 8.11. The third kappa shape index (κ3) is 4.78. The van der Waals surface area contributed by atoms with Gasteiger partial charge in [0.2, 0.25) is 0 Å². The second kappa shape index (κ2) is 6.11. The van der Waals surface area contributed by atoms with Crippen LogP contribution in [-0.2, 0) is 4.79 Å². The van der Waals surface area contributed by atoms with Crippen LogP contribution in [0.3, 0.4) is 0 Å². The average molecular weight is 220 g/mol. The maximum absolute atomic E-state index is 10.2. The van der Waals surface area contributed by atoms with Crippen molar-refractivity contribution in [3.05, 3.63) is 48.1 Å². The van der Waals surface area contributed by atoms with E-state index in [0.717, 1.165) is 11.6 Å². The molecule has 2 heteroatoms. The first-order valence-electron chi connectivity index (χ1n) is 5.19. The smallest absolute Gasteiger partial charge is 0.328 e. The Hall–Kier alpha value is -1.57. The normalized spacial score (nSPS) is 13.6. The molecule has 0 aromatic carbocycles. The van der Waals surface area contributed by atoms with Crippen LogP contribution in [0.2, 0.25) is 0 Å². The van der Waals surface area contributed by atoms with E-state index in [4.69, 9.17) is 5.11 Å². The zero-order chi connectivity index (χ0) is 12.8. The van der Waals surface area contributed by atoms with Crippen LogP contribution in [0.5, 0.6) is 0 Å². The van der Waals surface area contributed by atoms with Gasteiger partial charge in [0.25, 0.3) is 0 Å². The van der Waals surface area contributed by atoms with E-state index >= 15 is 0 Å². The quantitative estimate of drug-likeness (QED) is 0.435. The Morgan fingerprint density at radius 1 is 1.19 bits per heavy atom. The molecular weight excluding hydrogens is 200 g/mol. The molecule has 0 fully saturated rings. The molecule has 0 radical (unpaired) electrons. The molecule has 0 saturated carbocycles. The fourth-order valence-corrected chi connectivity index (χ4v) is 0.947. The number of aliphatic carboxylic acids is 1. The molecule has 0 rings (SSSR count). The van der Waals surface area contributed by atoms with Gasteiger partial charge in [0.15, 0.2) is 0 Å². The lowest BCUT2D eigenvalue weighted by atomic mass is 9.79. The van der Waals surface area contributed by atoms with Crippen molar-refractivity contribution in [3.63, 3.8) is 0 Å². The van der Waals surface area contributed by atoms with E-state index in [-0.39, 0.29) is 5.41 Å². The monoisotopic (exact) mass is 220 g/mol. The predicted octanol–water partition coefficient (Wildman–Crippen LogP) is 3.73. The van der Waals surface area contributed by atoms with E-state index in [1.54, 1.807) is 6.08 Å². The van der Waals surface area contributed by atoms with Gasteiger partial charge in [0.05, 0.1) is 0 Å². The van der Waals surface area contributed by atoms with Gasteiger partial charge in [-0.2, -0.15) is 0 Å². The Bertz CT molecular complexity index is 355. The highest BCUT2D eigenvalue weighted by Gasteiger charge is 2.19. The van der Waals surface area contributed by atoms with E-state index in [1.165, 1.54) is 11.6 Å². The third-order valence-corrected chi connectivity index (χ3v) is 2.86. The van der Waals surface area contributed by atoms with Crippen LogP contribution in [0.1, 0.15) is 27.7 Å². The Morgan fingerprint density at radius 3 is 2.19 bits per heavy atom. The number of allylic oxidation sites excluding steroid dienone is 6. The molecule has 0 spiro atoms.